The highest BCUT2D eigenvalue weighted by molar-refractivity contribution is 5.87. The highest BCUT2D eigenvalue weighted by atomic mass is 16.5. The Kier molecular flexibility index (Phi) is 9.69. The lowest BCUT2D eigenvalue weighted by atomic mass is 10.0. The minimum absolute atomic E-state index is 0.0167. The summed E-state index contributed by atoms with van der Waals surface area (Å²) in [5, 5.41) is 0. The van der Waals surface area contributed by atoms with Gasteiger partial charge in [-0.1, -0.05) is 32.6 Å². The van der Waals surface area contributed by atoms with Gasteiger partial charge in [-0.25, -0.2) is 4.79 Å². The topological polar surface area (TPSA) is 43.4 Å². The SMILES string of the molecule is C=C1CC/C=C\C(C)CC(C)OC1=O.CCCC(C)=O. The molecule has 0 aromatic carbocycles. The number of ketones is 1. The first-order valence-electron chi connectivity index (χ1n) is 7.41. The van der Waals surface area contributed by atoms with Gasteiger partial charge in [-0.3, -0.25) is 0 Å². The summed E-state index contributed by atoms with van der Waals surface area (Å²) >= 11 is 0. The predicted octanol–water partition coefficient (Wildman–Crippen LogP) is 4.23. The second kappa shape index (κ2) is 10.4. The van der Waals surface area contributed by atoms with Crippen LogP contribution in [0.25, 0.3) is 0 Å². The summed E-state index contributed by atoms with van der Waals surface area (Å²) in [6, 6.07) is 0. The Morgan fingerprint density at radius 2 is 2.10 bits per heavy atom. The molecule has 0 N–H and O–H groups in total. The third-order valence-electron chi connectivity index (χ3n) is 2.98. The monoisotopic (exact) mass is 280 g/mol. The van der Waals surface area contributed by atoms with Crippen molar-refractivity contribution < 1.29 is 14.3 Å². The third-order valence-corrected chi connectivity index (χ3v) is 2.98. The highest BCUT2D eigenvalue weighted by Crippen LogP contribution is 2.16. The molecule has 2 unspecified atom stereocenters. The Labute approximate surface area is 123 Å². The molecule has 0 radical (unpaired) electrons. The van der Waals surface area contributed by atoms with Crippen LogP contribution in [0, 0.1) is 5.92 Å². The molecule has 3 heteroatoms. The Balaban J connectivity index is 0.000000511. The lowest BCUT2D eigenvalue weighted by Crippen LogP contribution is -2.18. The molecule has 20 heavy (non-hydrogen) atoms. The second-order valence-corrected chi connectivity index (χ2v) is 5.45. The van der Waals surface area contributed by atoms with Gasteiger partial charge in [0.1, 0.15) is 5.78 Å². The lowest BCUT2D eigenvalue weighted by Gasteiger charge is -2.17. The zero-order chi connectivity index (χ0) is 15.5. The molecule has 0 amide bonds. The van der Waals surface area contributed by atoms with Crippen LogP contribution in [-0.2, 0) is 14.3 Å². The molecule has 0 saturated heterocycles. The molecule has 0 aromatic heterocycles. The first kappa shape index (κ1) is 18.6. The number of rotatable bonds is 2. The Morgan fingerprint density at radius 3 is 2.60 bits per heavy atom. The second-order valence-electron chi connectivity index (χ2n) is 5.45. The molecule has 0 aliphatic carbocycles. The predicted molar refractivity (Wildman–Crippen MR) is 82.4 cm³/mol. The van der Waals surface area contributed by atoms with Crippen molar-refractivity contribution in [1.29, 1.82) is 0 Å². The number of cyclic esters (lactones) is 1. The molecule has 0 fully saturated rings. The van der Waals surface area contributed by atoms with Gasteiger partial charge in [0, 0.05) is 12.0 Å². The quantitative estimate of drug-likeness (QED) is 0.432. The number of allylic oxidation sites excluding steroid dienone is 2. The molecule has 1 aliphatic rings. The number of carbonyl (C=O) groups excluding carboxylic acids is 2. The van der Waals surface area contributed by atoms with Crippen LogP contribution in [-0.4, -0.2) is 17.9 Å². The molecule has 2 atom stereocenters. The first-order chi connectivity index (χ1) is 9.36. The van der Waals surface area contributed by atoms with Crippen LogP contribution in [0.4, 0.5) is 0 Å². The number of Topliss-reactive ketones (excluding diaryl/α,β-unsaturated/α-hetero) is 1. The van der Waals surface area contributed by atoms with Crippen LogP contribution < -0.4 is 0 Å². The molecule has 1 heterocycles. The van der Waals surface area contributed by atoms with Gasteiger partial charge >= 0.3 is 5.97 Å². The molecule has 3 nitrogen and oxygen atoms in total. The lowest BCUT2D eigenvalue weighted by molar-refractivity contribution is -0.144. The number of esters is 1. The van der Waals surface area contributed by atoms with E-state index in [4.69, 9.17) is 4.74 Å². The maximum Gasteiger partial charge on any atom is 0.333 e. The van der Waals surface area contributed by atoms with Gasteiger partial charge in [0.2, 0.25) is 0 Å². The zero-order valence-corrected chi connectivity index (χ0v) is 13.3. The number of ether oxygens (including phenoxy) is 1. The number of hydrogen-bond acceptors (Lipinski definition) is 3. The Morgan fingerprint density at radius 1 is 1.45 bits per heavy atom. The molecule has 0 saturated carbocycles. The largest absolute Gasteiger partial charge is 0.459 e. The summed E-state index contributed by atoms with van der Waals surface area (Å²) in [4.78, 5) is 21.4. The Bertz CT molecular complexity index is 355. The molecule has 0 aromatic rings. The van der Waals surface area contributed by atoms with Crippen LogP contribution in [0.1, 0.15) is 59.8 Å². The standard InChI is InChI=1S/C12H18O2.C5H10O/c1-9-6-4-5-7-10(2)12(13)14-11(3)8-9;1-3-4-5(2)6/h4,6,9,11H,2,5,7-8H2,1,3H3;3-4H2,1-2H3/b6-4-;. The fraction of sp³-hybridized carbons (Fsp3) is 0.647. The first-order valence-corrected chi connectivity index (χ1v) is 7.41. The molecule has 0 bridgehead atoms. The van der Waals surface area contributed by atoms with E-state index >= 15 is 0 Å². The fourth-order valence-corrected chi connectivity index (χ4v) is 1.96. The average Bonchev–Trinajstić information content (AvgIpc) is 2.33. The van der Waals surface area contributed by atoms with Crippen LogP contribution in [0.15, 0.2) is 24.3 Å². The number of hydrogen-bond donors (Lipinski definition) is 0. The van der Waals surface area contributed by atoms with E-state index in [0.29, 0.717) is 17.9 Å². The van der Waals surface area contributed by atoms with Gasteiger partial charge in [-0.15, -0.1) is 0 Å². The maximum atomic E-state index is 11.4. The highest BCUT2D eigenvalue weighted by Gasteiger charge is 2.15. The van der Waals surface area contributed by atoms with Crippen molar-refractivity contribution >= 4 is 11.8 Å². The van der Waals surface area contributed by atoms with E-state index in [1.54, 1.807) is 6.92 Å². The maximum absolute atomic E-state index is 11.4. The van der Waals surface area contributed by atoms with E-state index in [2.05, 4.69) is 25.7 Å². The smallest absolute Gasteiger partial charge is 0.333 e. The van der Waals surface area contributed by atoms with E-state index in [-0.39, 0.29) is 17.9 Å². The van der Waals surface area contributed by atoms with Crippen molar-refractivity contribution in [3.05, 3.63) is 24.3 Å². The van der Waals surface area contributed by atoms with Crippen LogP contribution in [0.3, 0.4) is 0 Å². The van der Waals surface area contributed by atoms with Crippen molar-refractivity contribution in [2.75, 3.05) is 0 Å². The van der Waals surface area contributed by atoms with Crippen molar-refractivity contribution in [3.63, 3.8) is 0 Å². The molecule has 1 aliphatic heterocycles. The summed E-state index contributed by atoms with van der Waals surface area (Å²) < 4.78 is 5.24. The minimum Gasteiger partial charge on any atom is -0.459 e. The van der Waals surface area contributed by atoms with Crippen molar-refractivity contribution in [1.82, 2.24) is 0 Å². The van der Waals surface area contributed by atoms with E-state index in [1.165, 1.54) is 0 Å². The normalized spacial score (nSPS) is 25.0. The van der Waals surface area contributed by atoms with Crippen molar-refractivity contribution in [2.45, 2.75) is 65.9 Å². The molecular weight excluding hydrogens is 252 g/mol. The van der Waals surface area contributed by atoms with Crippen LogP contribution >= 0.6 is 0 Å². The summed E-state index contributed by atoms with van der Waals surface area (Å²) in [5.41, 5.74) is 0.580. The number of carbonyl (C=O) groups is 2. The van der Waals surface area contributed by atoms with Crippen LogP contribution in [0.5, 0.6) is 0 Å². The fourth-order valence-electron chi connectivity index (χ4n) is 1.96. The summed E-state index contributed by atoms with van der Waals surface area (Å²) in [6.45, 7) is 11.4. The van der Waals surface area contributed by atoms with Gasteiger partial charge in [0.15, 0.2) is 0 Å². The van der Waals surface area contributed by atoms with Crippen LogP contribution in [0.2, 0.25) is 0 Å². The van der Waals surface area contributed by atoms with Crippen molar-refractivity contribution in [3.8, 4) is 0 Å². The van der Waals surface area contributed by atoms with E-state index in [1.807, 2.05) is 13.8 Å². The van der Waals surface area contributed by atoms with Gasteiger partial charge in [-0.05, 0) is 45.4 Å². The van der Waals surface area contributed by atoms with Gasteiger partial charge < -0.3 is 9.53 Å². The average molecular weight is 280 g/mol. The van der Waals surface area contributed by atoms with E-state index in [9.17, 15) is 9.59 Å². The molecule has 114 valence electrons. The molecule has 1 rings (SSSR count). The van der Waals surface area contributed by atoms with Crippen molar-refractivity contribution in [2.24, 2.45) is 5.92 Å². The van der Waals surface area contributed by atoms with E-state index in [0.717, 1.165) is 25.7 Å². The zero-order valence-electron chi connectivity index (χ0n) is 13.3. The summed E-state index contributed by atoms with van der Waals surface area (Å²) in [5.74, 6) is 0.529. The third kappa shape index (κ3) is 9.54. The van der Waals surface area contributed by atoms with Gasteiger partial charge in [0.05, 0.1) is 6.10 Å². The Hall–Kier alpha value is -1.38. The molecule has 0 spiro atoms. The van der Waals surface area contributed by atoms with E-state index < -0.39 is 0 Å². The molecular formula is C17H28O3. The van der Waals surface area contributed by atoms with Gasteiger partial charge in [-0.2, -0.15) is 0 Å². The summed E-state index contributed by atoms with van der Waals surface area (Å²) in [6.07, 6.45) is 8.48. The van der Waals surface area contributed by atoms with Gasteiger partial charge in [0.25, 0.3) is 0 Å². The summed E-state index contributed by atoms with van der Waals surface area (Å²) in [7, 11) is 0. The minimum atomic E-state index is -0.236.